The summed E-state index contributed by atoms with van der Waals surface area (Å²) in [5.74, 6) is 0.0468. The Morgan fingerprint density at radius 2 is 1.86 bits per heavy atom. The van der Waals surface area contributed by atoms with E-state index in [9.17, 15) is 9.90 Å². The Kier molecular flexibility index (Phi) is 4.76. The Morgan fingerprint density at radius 3 is 2.48 bits per heavy atom. The maximum atomic E-state index is 12.2. The molecule has 0 saturated carbocycles. The Morgan fingerprint density at radius 1 is 1.14 bits per heavy atom. The molecule has 0 aliphatic carbocycles. The Hall–Kier alpha value is -1.71. The van der Waals surface area contributed by atoms with Crippen molar-refractivity contribution in [1.29, 1.82) is 0 Å². The summed E-state index contributed by atoms with van der Waals surface area (Å²) in [5, 5.41) is 13.3. The van der Waals surface area contributed by atoms with Gasteiger partial charge >= 0.3 is 0 Å². The molecule has 0 heterocycles. The normalized spacial score (nSPS) is 10.7. The smallest absolute Gasteiger partial charge is 0.257 e. The predicted octanol–water partition coefficient (Wildman–Crippen LogP) is 5.07. The third-order valence-corrected chi connectivity index (χ3v) is 3.63. The van der Waals surface area contributed by atoms with Gasteiger partial charge in [-0.15, -0.1) is 0 Å². The number of phenols is 1. The van der Waals surface area contributed by atoms with Crippen LogP contribution in [0.5, 0.6) is 5.75 Å². The number of rotatable bonds is 3. The molecule has 1 amide bonds. The van der Waals surface area contributed by atoms with Crippen molar-refractivity contribution in [3.8, 4) is 5.75 Å². The molecule has 2 aromatic rings. The molecule has 5 heteroatoms. The van der Waals surface area contributed by atoms with Crippen LogP contribution in [-0.2, 0) is 0 Å². The van der Waals surface area contributed by atoms with Crippen LogP contribution < -0.4 is 5.32 Å². The van der Waals surface area contributed by atoms with Gasteiger partial charge in [-0.2, -0.15) is 0 Å². The first-order chi connectivity index (χ1) is 9.88. The maximum absolute atomic E-state index is 12.2. The molecule has 21 heavy (non-hydrogen) atoms. The van der Waals surface area contributed by atoms with Crippen molar-refractivity contribution in [2.24, 2.45) is 0 Å². The van der Waals surface area contributed by atoms with Crippen LogP contribution in [0.2, 0.25) is 10.0 Å². The summed E-state index contributed by atoms with van der Waals surface area (Å²) in [6, 6.07) is 9.66. The van der Waals surface area contributed by atoms with Gasteiger partial charge in [0.25, 0.3) is 5.91 Å². The molecular formula is C16H15Cl2NO2. The SMILES string of the molecule is CC(C)c1cc(NC(=O)c2ccc(Cl)cc2Cl)ccc1O. The predicted molar refractivity (Wildman–Crippen MR) is 86.6 cm³/mol. The maximum Gasteiger partial charge on any atom is 0.257 e. The van der Waals surface area contributed by atoms with Crippen LogP contribution >= 0.6 is 23.2 Å². The zero-order valence-corrected chi connectivity index (χ0v) is 13.2. The fraction of sp³-hybridized carbons (Fsp3) is 0.188. The van der Waals surface area contributed by atoms with E-state index in [0.29, 0.717) is 21.3 Å². The number of anilines is 1. The first kappa shape index (κ1) is 15.7. The molecular weight excluding hydrogens is 309 g/mol. The van der Waals surface area contributed by atoms with Crippen molar-refractivity contribution in [2.75, 3.05) is 5.32 Å². The first-order valence-corrected chi connectivity index (χ1v) is 7.23. The zero-order valence-electron chi connectivity index (χ0n) is 11.7. The summed E-state index contributed by atoms with van der Waals surface area (Å²) in [6.45, 7) is 3.94. The summed E-state index contributed by atoms with van der Waals surface area (Å²) < 4.78 is 0. The highest BCUT2D eigenvalue weighted by atomic mass is 35.5. The average Bonchev–Trinajstić information content (AvgIpc) is 2.40. The molecule has 110 valence electrons. The number of halogens is 2. The van der Waals surface area contributed by atoms with Gasteiger partial charge in [0.1, 0.15) is 5.75 Å². The molecule has 0 aliphatic rings. The molecule has 0 spiro atoms. The van der Waals surface area contributed by atoms with Crippen molar-refractivity contribution in [2.45, 2.75) is 19.8 Å². The second kappa shape index (κ2) is 6.37. The van der Waals surface area contributed by atoms with E-state index >= 15 is 0 Å². The van der Waals surface area contributed by atoms with Crippen LogP contribution in [0.25, 0.3) is 0 Å². The molecule has 0 bridgehead atoms. The van der Waals surface area contributed by atoms with Gasteiger partial charge < -0.3 is 10.4 Å². The number of nitrogens with one attached hydrogen (secondary N) is 1. The standard InChI is InChI=1S/C16H15Cl2NO2/c1-9(2)13-8-11(4-6-15(13)20)19-16(21)12-5-3-10(17)7-14(12)18/h3-9,20H,1-2H3,(H,19,21). The molecule has 2 rings (SSSR count). The molecule has 2 N–H and O–H groups in total. The molecule has 0 aromatic heterocycles. The average molecular weight is 324 g/mol. The lowest BCUT2D eigenvalue weighted by Gasteiger charge is -2.12. The van der Waals surface area contributed by atoms with E-state index in [-0.39, 0.29) is 17.6 Å². The van der Waals surface area contributed by atoms with Crippen LogP contribution in [0.1, 0.15) is 35.7 Å². The van der Waals surface area contributed by atoms with E-state index in [1.54, 1.807) is 30.3 Å². The summed E-state index contributed by atoms with van der Waals surface area (Å²) in [4.78, 5) is 12.2. The Balaban J connectivity index is 2.25. The van der Waals surface area contributed by atoms with Crippen molar-refractivity contribution in [3.05, 3.63) is 57.6 Å². The van der Waals surface area contributed by atoms with Gasteiger partial charge in [-0.3, -0.25) is 4.79 Å². The lowest BCUT2D eigenvalue weighted by Crippen LogP contribution is -2.12. The second-order valence-corrected chi connectivity index (χ2v) is 5.85. The summed E-state index contributed by atoms with van der Waals surface area (Å²) in [5.41, 5.74) is 1.72. The van der Waals surface area contributed by atoms with Gasteiger partial charge in [0.15, 0.2) is 0 Å². The molecule has 2 aromatic carbocycles. The van der Waals surface area contributed by atoms with E-state index in [0.717, 1.165) is 5.56 Å². The van der Waals surface area contributed by atoms with Crippen LogP contribution in [0, 0.1) is 0 Å². The fourth-order valence-corrected chi connectivity index (χ4v) is 2.46. The number of benzene rings is 2. The highest BCUT2D eigenvalue weighted by molar-refractivity contribution is 6.37. The van der Waals surface area contributed by atoms with Gasteiger partial charge in [-0.05, 0) is 47.9 Å². The van der Waals surface area contributed by atoms with E-state index < -0.39 is 0 Å². The quantitative estimate of drug-likeness (QED) is 0.774. The molecule has 3 nitrogen and oxygen atoms in total. The minimum atomic E-state index is -0.322. The third kappa shape index (κ3) is 3.69. The zero-order chi connectivity index (χ0) is 15.6. The number of aromatic hydroxyl groups is 1. The first-order valence-electron chi connectivity index (χ1n) is 6.48. The van der Waals surface area contributed by atoms with E-state index in [2.05, 4.69) is 5.32 Å². The van der Waals surface area contributed by atoms with Crippen LogP contribution in [0.4, 0.5) is 5.69 Å². The number of phenolic OH excluding ortho intramolecular Hbond substituents is 1. The summed E-state index contributed by atoms with van der Waals surface area (Å²) in [7, 11) is 0. The lowest BCUT2D eigenvalue weighted by molar-refractivity contribution is 0.102. The van der Waals surface area contributed by atoms with Crippen molar-refractivity contribution >= 4 is 34.8 Å². The van der Waals surface area contributed by atoms with Gasteiger partial charge in [0.05, 0.1) is 10.6 Å². The van der Waals surface area contributed by atoms with Crippen molar-refractivity contribution in [1.82, 2.24) is 0 Å². The van der Waals surface area contributed by atoms with E-state index in [1.165, 1.54) is 6.07 Å². The minimum Gasteiger partial charge on any atom is -0.508 e. The second-order valence-electron chi connectivity index (χ2n) is 5.01. The van der Waals surface area contributed by atoms with Gasteiger partial charge in [-0.1, -0.05) is 37.0 Å². The molecule has 0 unspecified atom stereocenters. The third-order valence-electron chi connectivity index (χ3n) is 3.08. The number of carbonyl (C=O) groups is 1. The monoisotopic (exact) mass is 323 g/mol. The van der Waals surface area contributed by atoms with E-state index in [1.807, 2.05) is 13.8 Å². The van der Waals surface area contributed by atoms with Gasteiger partial charge in [0.2, 0.25) is 0 Å². The summed E-state index contributed by atoms with van der Waals surface area (Å²) in [6.07, 6.45) is 0. The van der Waals surface area contributed by atoms with Gasteiger partial charge in [-0.25, -0.2) is 0 Å². The fourth-order valence-electron chi connectivity index (χ4n) is 1.97. The van der Waals surface area contributed by atoms with E-state index in [4.69, 9.17) is 23.2 Å². The van der Waals surface area contributed by atoms with Crippen molar-refractivity contribution in [3.63, 3.8) is 0 Å². The van der Waals surface area contributed by atoms with Crippen LogP contribution in [-0.4, -0.2) is 11.0 Å². The Bertz CT molecular complexity index is 684. The highest BCUT2D eigenvalue weighted by Gasteiger charge is 2.13. The molecule has 0 aliphatic heterocycles. The highest BCUT2D eigenvalue weighted by Crippen LogP contribution is 2.29. The lowest BCUT2D eigenvalue weighted by atomic mass is 10.0. The molecule has 0 atom stereocenters. The number of hydrogen-bond donors (Lipinski definition) is 2. The summed E-state index contributed by atoms with van der Waals surface area (Å²) >= 11 is 11.8. The molecule has 0 fully saturated rings. The topological polar surface area (TPSA) is 49.3 Å². The molecule has 0 saturated heterocycles. The van der Waals surface area contributed by atoms with Crippen LogP contribution in [0.15, 0.2) is 36.4 Å². The largest absolute Gasteiger partial charge is 0.508 e. The van der Waals surface area contributed by atoms with Crippen molar-refractivity contribution < 1.29 is 9.90 Å². The Labute approximate surface area is 133 Å². The number of amides is 1. The minimum absolute atomic E-state index is 0.154. The number of hydrogen-bond acceptors (Lipinski definition) is 2. The van der Waals surface area contributed by atoms with Gasteiger partial charge in [0, 0.05) is 10.7 Å². The molecule has 0 radical (unpaired) electrons. The number of carbonyl (C=O) groups excluding carboxylic acids is 1. The van der Waals surface area contributed by atoms with Crippen LogP contribution in [0.3, 0.4) is 0 Å².